The number of thiocarbonyl (C=S) groups is 1. The number of nitrogens with zero attached hydrogens (tertiary/aromatic N) is 4. The van der Waals surface area contributed by atoms with Gasteiger partial charge in [0, 0.05) is 39.5 Å². The topological polar surface area (TPSA) is 67.2 Å². The van der Waals surface area contributed by atoms with Crippen LogP contribution in [0.15, 0.2) is 58.4 Å². The van der Waals surface area contributed by atoms with E-state index in [0.29, 0.717) is 51.7 Å². The van der Waals surface area contributed by atoms with E-state index in [2.05, 4.69) is 29.2 Å². The third-order valence-electron chi connectivity index (χ3n) is 7.22. The summed E-state index contributed by atoms with van der Waals surface area (Å²) in [7, 11) is 1.64. The first-order chi connectivity index (χ1) is 18.5. The van der Waals surface area contributed by atoms with E-state index >= 15 is 0 Å². The highest BCUT2D eigenvalue weighted by Crippen LogP contribution is 2.34. The minimum Gasteiger partial charge on any atom is -0.385 e. The predicted molar refractivity (Wildman–Crippen MR) is 158 cm³/mol. The molecule has 0 saturated carbocycles. The fourth-order valence-corrected chi connectivity index (χ4v) is 6.45. The van der Waals surface area contributed by atoms with Crippen LogP contribution in [0.3, 0.4) is 0 Å². The van der Waals surface area contributed by atoms with Gasteiger partial charge in [-0.3, -0.25) is 18.9 Å². The summed E-state index contributed by atoms with van der Waals surface area (Å²) in [6, 6.07) is 14.4. The van der Waals surface area contributed by atoms with E-state index in [-0.39, 0.29) is 11.5 Å². The van der Waals surface area contributed by atoms with Crippen molar-refractivity contribution in [2.75, 3.05) is 38.3 Å². The van der Waals surface area contributed by atoms with Crippen molar-refractivity contribution in [3.8, 4) is 0 Å². The van der Waals surface area contributed by atoms with E-state index in [4.69, 9.17) is 21.9 Å². The van der Waals surface area contributed by atoms with Crippen molar-refractivity contribution in [1.29, 1.82) is 0 Å². The Balaban J connectivity index is 1.46. The highest BCUT2D eigenvalue weighted by atomic mass is 32.2. The number of carbonyl (C=O) groups is 1. The van der Waals surface area contributed by atoms with Crippen LogP contribution in [-0.2, 0) is 16.0 Å². The van der Waals surface area contributed by atoms with Crippen molar-refractivity contribution in [1.82, 2.24) is 14.3 Å². The molecule has 0 radical (unpaired) electrons. The number of aryl methyl sites for hydroxylation is 1. The number of anilines is 1. The molecule has 38 heavy (non-hydrogen) atoms. The molecule has 0 bridgehead atoms. The lowest BCUT2D eigenvalue weighted by molar-refractivity contribution is -0.122. The van der Waals surface area contributed by atoms with Gasteiger partial charge in [0.05, 0.1) is 10.5 Å². The second kappa shape index (κ2) is 11.8. The van der Waals surface area contributed by atoms with Gasteiger partial charge in [-0.15, -0.1) is 0 Å². The number of amides is 1. The molecule has 198 valence electrons. The monoisotopic (exact) mass is 548 g/mol. The normalized spacial score (nSPS) is 17.8. The molecule has 5 rings (SSSR count). The molecule has 1 aromatic carbocycles. The highest BCUT2D eigenvalue weighted by molar-refractivity contribution is 8.26. The maximum atomic E-state index is 13.8. The highest BCUT2D eigenvalue weighted by Gasteiger charge is 2.33. The number of hydrogen-bond acceptors (Lipinski definition) is 7. The number of carbonyl (C=O) groups excluding carboxylic acids is 1. The number of aromatic nitrogens is 2. The van der Waals surface area contributed by atoms with Gasteiger partial charge in [-0.1, -0.05) is 60.4 Å². The smallest absolute Gasteiger partial charge is 0.267 e. The van der Waals surface area contributed by atoms with Gasteiger partial charge in [0.1, 0.15) is 15.8 Å². The molecular weight excluding hydrogens is 516 g/mol. The Bertz CT molecular complexity index is 1430. The molecule has 2 aliphatic heterocycles. The van der Waals surface area contributed by atoms with Crippen LogP contribution in [0, 0.1) is 12.8 Å². The van der Waals surface area contributed by atoms with E-state index in [1.165, 1.54) is 17.3 Å². The van der Waals surface area contributed by atoms with Crippen molar-refractivity contribution < 1.29 is 9.53 Å². The summed E-state index contributed by atoms with van der Waals surface area (Å²) < 4.78 is 7.20. The summed E-state index contributed by atoms with van der Waals surface area (Å²) in [5.74, 6) is 1.06. The summed E-state index contributed by atoms with van der Waals surface area (Å²) in [5, 5.41) is 0. The fraction of sp³-hybridized carbons (Fsp3) is 0.379. The van der Waals surface area contributed by atoms with E-state index < -0.39 is 0 Å². The number of hydrogen-bond donors (Lipinski definition) is 0. The van der Waals surface area contributed by atoms with Crippen molar-refractivity contribution >= 4 is 51.7 Å². The number of thioether (sulfide) groups is 1. The third kappa shape index (κ3) is 5.55. The maximum absolute atomic E-state index is 13.8. The summed E-state index contributed by atoms with van der Waals surface area (Å²) in [4.78, 5) is 36.3. The molecule has 7 nitrogen and oxygen atoms in total. The molecule has 4 heterocycles. The fourth-order valence-electron chi connectivity index (χ4n) is 5.15. The van der Waals surface area contributed by atoms with Crippen LogP contribution < -0.4 is 10.5 Å². The molecule has 0 spiro atoms. The van der Waals surface area contributed by atoms with E-state index in [1.807, 2.05) is 25.1 Å². The van der Waals surface area contributed by atoms with Gasteiger partial charge in [-0.05, 0) is 61.8 Å². The van der Waals surface area contributed by atoms with Gasteiger partial charge in [0.2, 0.25) is 0 Å². The number of piperidine rings is 1. The molecule has 2 saturated heterocycles. The molecule has 2 aromatic heterocycles. The first-order valence-corrected chi connectivity index (χ1v) is 14.2. The zero-order chi connectivity index (χ0) is 26.6. The first-order valence-electron chi connectivity index (χ1n) is 13.0. The van der Waals surface area contributed by atoms with Crippen molar-refractivity contribution in [3.63, 3.8) is 0 Å². The Hall–Kier alpha value is -3.01. The summed E-state index contributed by atoms with van der Waals surface area (Å²) in [6.45, 7) is 4.62. The zero-order valence-electron chi connectivity index (χ0n) is 21.8. The molecule has 1 amide bonds. The molecule has 3 aromatic rings. The Labute approximate surface area is 232 Å². The van der Waals surface area contributed by atoms with Crippen LogP contribution in [0.4, 0.5) is 5.82 Å². The van der Waals surface area contributed by atoms with Crippen LogP contribution in [0.25, 0.3) is 11.7 Å². The average molecular weight is 549 g/mol. The van der Waals surface area contributed by atoms with Crippen molar-refractivity contribution in [3.05, 3.63) is 80.6 Å². The van der Waals surface area contributed by atoms with Crippen LogP contribution in [-0.4, -0.2) is 57.9 Å². The number of benzene rings is 1. The quantitative estimate of drug-likeness (QED) is 0.230. The van der Waals surface area contributed by atoms with E-state index in [0.717, 1.165) is 37.9 Å². The lowest BCUT2D eigenvalue weighted by Crippen LogP contribution is -2.37. The van der Waals surface area contributed by atoms with Crippen molar-refractivity contribution in [2.24, 2.45) is 5.92 Å². The molecule has 9 heteroatoms. The van der Waals surface area contributed by atoms with Crippen LogP contribution in [0.1, 0.15) is 36.0 Å². The second-order valence-electron chi connectivity index (χ2n) is 9.84. The first kappa shape index (κ1) is 26.6. The predicted octanol–water partition coefficient (Wildman–Crippen LogP) is 4.70. The third-order valence-corrected chi connectivity index (χ3v) is 8.60. The van der Waals surface area contributed by atoms with Crippen molar-refractivity contribution in [2.45, 2.75) is 32.6 Å². The van der Waals surface area contributed by atoms with Gasteiger partial charge in [-0.25, -0.2) is 4.98 Å². The molecule has 2 fully saturated rings. The van der Waals surface area contributed by atoms with E-state index in [1.54, 1.807) is 28.7 Å². The molecular formula is C29H32N4O3S2. The number of methoxy groups -OCH3 is 1. The number of rotatable bonds is 8. The molecule has 0 unspecified atom stereocenters. The Morgan fingerprint density at radius 2 is 1.89 bits per heavy atom. The van der Waals surface area contributed by atoms with Gasteiger partial charge in [0.15, 0.2) is 0 Å². The summed E-state index contributed by atoms with van der Waals surface area (Å²) in [5.41, 5.74) is 3.19. The van der Waals surface area contributed by atoms with Gasteiger partial charge >= 0.3 is 0 Å². The average Bonchev–Trinajstić information content (AvgIpc) is 3.19. The lowest BCUT2D eigenvalue weighted by Gasteiger charge is -2.33. The Kier molecular flexibility index (Phi) is 8.26. The SMILES string of the molecule is COCCCN1C(=O)C(=Cc2c(N3CCC(Cc4ccccc4)CC3)nc3c(C)cccn3c2=O)SC1=S. The lowest BCUT2D eigenvalue weighted by atomic mass is 9.90. The largest absolute Gasteiger partial charge is 0.385 e. The van der Waals surface area contributed by atoms with E-state index in [9.17, 15) is 9.59 Å². The van der Waals surface area contributed by atoms with Crippen LogP contribution in [0.2, 0.25) is 0 Å². The van der Waals surface area contributed by atoms with Crippen LogP contribution >= 0.6 is 24.0 Å². The Morgan fingerprint density at radius 1 is 1.13 bits per heavy atom. The second-order valence-corrected chi connectivity index (χ2v) is 11.5. The molecule has 0 N–H and O–H groups in total. The molecule has 2 aliphatic rings. The minimum atomic E-state index is -0.176. The zero-order valence-corrected chi connectivity index (χ0v) is 23.4. The Morgan fingerprint density at radius 3 is 2.63 bits per heavy atom. The number of fused-ring (bicyclic) bond motifs is 1. The number of pyridine rings is 1. The summed E-state index contributed by atoms with van der Waals surface area (Å²) in [6.07, 6.45) is 7.22. The molecule has 0 atom stereocenters. The van der Waals surface area contributed by atoms with Gasteiger partial charge < -0.3 is 9.64 Å². The molecule has 0 aliphatic carbocycles. The van der Waals surface area contributed by atoms with Gasteiger partial charge in [-0.2, -0.15) is 0 Å². The number of ether oxygens (including phenoxy) is 1. The minimum absolute atomic E-state index is 0.169. The summed E-state index contributed by atoms with van der Waals surface area (Å²) >= 11 is 6.73. The standard InChI is InChI=1S/C29H32N4O3S2/c1-20-8-6-13-32-25(20)30-26(31-15-11-22(12-16-31)18-21-9-4-3-5-10-21)23(27(32)34)19-24-28(35)33(29(37)38-24)14-7-17-36-2/h3-6,8-10,13,19,22H,7,11-12,14-18H2,1-2H3. The van der Waals surface area contributed by atoms with Gasteiger partial charge in [0.25, 0.3) is 11.5 Å². The maximum Gasteiger partial charge on any atom is 0.267 e. The van der Waals surface area contributed by atoms with Crippen LogP contribution in [0.5, 0.6) is 0 Å².